The SMILES string of the molecule is CCOc1ccc(C(=O)NCc2ccc(OC)c(OC)c2OC)cc1OCC. The molecule has 7 nitrogen and oxygen atoms in total. The van der Waals surface area contributed by atoms with Gasteiger partial charge in [-0.2, -0.15) is 0 Å². The van der Waals surface area contributed by atoms with Crippen molar-refractivity contribution in [2.75, 3.05) is 34.5 Å². The molecular weight excluding hydrogens is 362 g/mol. The quantitative estimate of drug-likeness (QED) is 0.671. The number of carbonyl (C=O) groups is 1. The Morgan fingerprint density at radius 3 is 2.07 bits per heavy atom. The molecule has 1 amide bonds. The first-order valence-electron chi connectivity index (χ1n) is 9.05. The van der Waals surface area contributed by atoms with Crippen LogP contribution < -0.4 is 29.0 Å². The van der Waals surface area contributed by atoms with Crippen LogP contribution in [0.2, 0.25) is 0 Å². The number of nitrogens with one attached hydrogen (secondary N) is 1. The Labute approximate surface area is 165 Å². The number of rotatable bonds is 10. The summed E-state index contributed by atoms with van der Waals surface area (Å²) in [5, 5.41) is 2.89. The maximum absolute atomic E-state index is 12.6. The van der Waals surface area contributed by atoms with Crippen LogP contribution in [0.1, 0.15) is 29.8 Å². The van der Waals surface area contributed by atoms with Crippen LogP contribution in [0.15, 0.2) is 30.3 Å². The molecule has 0 aliphatic rings. The van der Waals surface area contributed by atoms with Gasteiger partial charge in [0, 0.05) is 17.7 Å². The van der Waals surface area contributed by atoms with Crippen molar-refractivity contribution < 1.29 is 28.5 Å². The minimum Gasteiger partial charge on any atom is -0.493 e. The first-order chi connectivity index (χ1) is 13.6. The maximum atomic E-state index is 12.6. The van der Waals surface area contributed by atoms with Crippen LogP contribution in [0, 0.1) is 0 Å². The fourth-order valence-electron chi connectivity index (χ4n) is 2.77. The lowest BCUT2D eigenvalue weighted by atomic mass is 10.1. The summed E-state index contributed by atoms with van der Waals surface area (Å²) in [6.07, 6.45) is 0. The highest BCUT2D eigenvalue weighted by atomic mass is 16.5. The number of hydrogen-bond acceptors (Lipinski definition) is 6. The summed E-state index contributed by atoms with van der Waals surface area (Å²) >= 11 is 0. The fourth-order valence-corrected chi connectivity index (χ4v) is 2.77. The fraction of sp³-hybridized carbons (Fsp3) is 0.381. The predicted octanol–water partition coefficient (Wildman–Crippen LogP) is 3.44. The molecule has 0 spiro atoms. The van der Waals surface area contributed by atoms with Gasteiger partial charge in [-0.05, 0) is 44.2 Å². The van der Waals surface area contributed by atoms with Crippen molar-refractivity contribution >= 4 is 5.91 Å². The van der Waals surface area contributed by atoms with Gasteiger partial charge in [-0.1, -0.05) is 0 Å². The topological polar surface area (TPSA) is 75.3 Å². The Morgan fingerprint density at radius 2 is 1.46 bits per heavy atom. The van der Waals surface area contributed by atoms with E-state index in [1.807, 2.05) is 19.9 Å². The van der Waals surface area contributed by atoms with Crippen molar-refractivity contribution in [2.45, 2.75) is 20.4 Å². The van der Waals surface area contributed by atoms with Crippen molar-refractivity contribution in [3.8, 4) is 28.7 Å². The Balaban J connectivity index is 2.19. The molecular formula is C21H27NO6. The van der Waals surface area contributed by atoms with E-state index < -0.39 is 0 Å². The molecule has 0 fully saturated rings. The summed E-state index contributed by atoms with van der Waals surface area (Å²) in [5.74, 6) is 2.48. The van der Waals surface area contributed by atoms with E-state index in [9.17, 15) is 4.79 Å². The molecule has 1 N–H and O–H groups in total. The van der Waals surface area contributed by atoms with E-state index >= 15 is 0 Å². The highest BCUT2D eigenvalue weighted by Gasteiger charge is 2.17. The molecule has 0 bridgehead atoms. The summed E-state index contributed by atoms with van der Waals surface area (Å²) < 4.78 is 27.2. The largest absolute Gasteiger partial charge is 0.493 e. The van der Waals surface area contributed by atoms with Crippen molar-refractivity contribution in [3.63, 3.8) is 0 Å². The number of carbonyl (C=O) groups excluding carboxylic acids is 1. The smallest absolute Gasteiger partial charge is 0.251 e. The Bertz CT molecular complexity index is 806. The van der Waals surface area contributed by atoms with E-state index in [1.54, 1.807) is 38.5 Å². The lowest BCUT2D eigenvalue weighted by Gasteiger charge is -2.16. The van der Waals surface area contributed by atoms with Crippen molar-refractivity contribution in [3.05, 3.63) is 41.5 Å². The van der Waals surface area contributed by atoms with Gasteiger partial charge in [-0.25, -0.2) is 0 Å². The second kappa shape index (κ2) is 10.3. The molecule has 7 heteroatoms. The van der Waals surface area contributed by atoms with E-state index in [-0.39, 0.29) is 12.5 Å². The molecule has 0 heterocycles. The second-order valence-corrected chi connectivity index (χ2v) is 5.70. The molecule has 0 aliphatic carbocycles. The number of methoxy groups -OCH3 is 3. The van der Waals surface area contributed by atoms with Crippen molar-refractivity contribution in [1.82, 2.24) is 5.32 Å². The lowest BCUT2D eigenvalue weighted by Crippen LogP contribution is -2.23. The molecule has 0 saturated carbocycles. The first-order valence-corrected chi connectivity index (χ1v) is 9.05. The summed E-state index contributed by atoms with van der Waals surface area (Å²) in [7, 11) is 4.64. The number of amides is 1. The Morgan fingerprint density at radius 1 is 0.821 bits per heavy atom. The van der Waals surface area contributed by atoms with E-state index in [0.29, 0.717) is 47.5 Å². The van der Waals surface area contributed by atoms with Crippen LogP contribution in [0.5, 0.6) is 28.7 Å². The zero-order valence-electron chi connectivity index (χ0n) is 17.0. The summed E-state index contributed by atoms with van der Waals surface area (Å²) in [4.78, 5) is 12.6. The van der Waals surface area contributed by atoms with E-state index in [2.05, 4.69) is 5.32 Å². The van der Waals surface area contributed by atoms with Gasteiger partial charge in [0.2, 0.25) is 5.75 Å². The summed E-state index contributed by atoms with van der Waals surface area (Å²) in [5.41, 5.74) is 1.25. The monoisotopic (exact) mass is 389 g/mol. The molecule has 0 radical (unpaired) electrons. The maximum Gasteiger partial charge on any atom is 0.251 e. The molecule has 0 aliphatic heterocycles. The molecule has 152 valence electrons. The van der Waals surface area contributed by atoms with Crippen LogP contribution >= 0.6 is 0 Å². The van der Waals surface area contributed by atoms with Crippen LogP contribution in [0.3, 0.4) is 0 Å². The third-order valence-corrected chi connectivity index (χ3v) is 4.03. The van der Waals surface area contributed by atoms with Crippen molar-refractivity contribution in [2.24, 2.45) is 0 Å². The molecule has 2 aromatic rings. The summed E-state index contributed by atoms with van der Waals surface area (Å²) in [6.45, 7) is 5.04. The minimum absolute atomic E-state index is 0.235. The standard InChI is InChI=1S/C21H27NO6/c1-6-27-16-10-8-14(12-18(16)28-7-2)21(23)22-13-15-9-11-17(24-3)20(26-5)19(15)25-4/h8-12H,6-7,13H2,1-5H3,(H,22,23). The van der Waals surface area contributed by atoms with Gasteiger partial charge in [0.25, 0.3) is 5.91 Å². The van der Waals surface area contributed by atoms with Gasteiger partial charge < -0.3 is 29.0 Å². The molecule has 0 aromatic heterocycles. The zero-order chi connectivity index (χ0) is 20.5. The average Bonchev–Trinajstić information content (AvgIpc) is 2.72. The number of hydrogen-bond donors (Lipinski definition) is 1. The Hall–Kier alpha value is -3.09. The van der Waals surface area contributed by atoms with E-state index in [1.165, 1.54) is 7.11 Å². The van der Waals surface area contributed by atoms with Crippen LogP contribution in [0.4, 0.5) is 0 Å². The molecule has 28 heavy (non-hydrogen) atoms. The van der Waals surface area contributed by atoms with Gasteiger partial charge in [0.1, 0.15) is 0 Å². The predicted molar refractivity (Wildman–Crippen MR) is 106 cm³/mol. The van der Waals surface area contributed by atoms with E-state index in [4.69, 9.17) is 23.7 Å². The minimum atomic E-state index is -0.235. The van der Waals surface area contributed by atoms with Gasteiger partial charge >= 0.3 is 0 Å². The normalized spacial score (nSPS) is 10.2. The molecule has 0 saturated heterocycles. The third-order valence-electron chi connectivity index (χ3n) is 4.03. The van der Waals surface area contributed by atoms with Gasteiger partial charge in [-0.3, -0.25) is 4.79 Å². The Kier molecular flexibility index (Phi) is 7.80. The van der Waals surface area contributed by atoms with Gasteiger partial charge in [0.05, 0.1) is 34.5 Å². The second-order valence-electron chi connectivity index (χ2n) is 5.70. The molecule has 2 rings (SSSR count). The highest BCUT2D eigenvalue weighted by molar-refractivity contribution is 5.94. The number of ether oxygens (including phenoxy) is 5. The molecule has 2 aromatic carbocycles. The highest BCUT2D eigenvalue weighted by Crippen LogP contribution is 2.39. The van der Waals surface area contributed by atoms with Crippen LogP contribution in [-0.4, -0.2) is 40.5 Å². The third kappa shape index (κ3) is 4.79. The average molecular weight is 389 g/mol. The van der Waals surface area contributed by atoms with Crippen molar-refractivity contribution in [1.29, 1.82) is 0 Å². The molecule has 0 atom stereocenters. The van der Waals surface area contributed by atoms with Gasteiger partial charge in [-0.15, -0.1) is 0 Å². The number of benzene rings is 2. The first kappa shape index (κ1) is 21.2. The van der Waals surface area contributed by atoms with Crippen LogP contribution in [0.25, 0.3) is 0 Å². The summed E-state index contributed by atoms with van der Waals surface area (Å²) in [6, 6.07) is 8.71. The molecule has 0 unspecified atom stereocenters. The van der Waals surface area contributed by atoms with E-state index in [0.717, 1.165) is 5.56 Å². The zero-order valence-corrected chi connectivity index (χ0v) is 17.0. The lowest BCUT2D eigenvalue weighted by molar-refractivity contribution is 0.0950. The van der Waals surface area contributed by atoms with Crippen LogP contribution in [-0.2, 0) is 6.54 Å². The van der Waals surface area contributed by atoms with Gasteiger partial charge in [0.15, 0.2) is 23.0 Å².